The zero-order chi connectivity index (χ0) is 18.2. The number of likely N-dealkylation sites (tertiary alicyclic amines) is 1. The molecule has 0 aromatic carbocycles. The monoisotopic (exact) mass is 490 g/mol. The van der Waals surface area contributed by atoms with Crippen LogP contribution >= 0.6 is 24.0 Å². The van der Waals surface area contributed by atoms with Gasteiger partial charge in [0.05, 0.1) is 25.5 Å². The average molecular weight is 490 g/mol. The molecule has 2 fully saturated rings. The van der Waals surface area contributed by atoms with Crippen LogP contribution in [0.15, 0.2) is 27.8 Å². The van der Waals surface area contributed by atoms with E-state index in [-0.39, 0.29) is 30.0 Å². The Morgan fingerprint density at radius 1 is 1.37 bits per heavy atom. The van der Waals surface area contributed by atoms with Crippen molar-refractivity contribution in [2.75, 3.05) is 53.0 Å². The van der Waals surface area contributed by atoms with E-state index in [1.54, 1.807) is 6.26 Å². The van der Waals surface area contributed by atoms with Crippen LogP contribution in [-0.4, -0.2) is 68.7 Å². The molecule has 0 aliphatic carbocycles. The minimum atomic E-state index is 0. The van der Waals surface area contributed by atoms with Gasteiger partial charge >= 0.3 is 0 Å². The predicted molar refractivity (Wildman–Crippen MR) is 120 cm³/mol. The van der Waals surface area contributed by atoms with Crippen molar-refractivity contribution in [3.05, 3.63) is 24.2 Å². The molecule has 7 heteroatoms. The van der Waals surface area contributed by atoms with Gasteiger partial charge in [0, 0.05) is 32.7 Å². The van der Waals surface area contributed by atoms with Crippen LogP contribution in [-0.2, 0) is 4.74 Å². The third-order valence-corrected chi connectivity index (χ3v) is 5.37. The first kappa shape index (κ1) is 22.5. The maximum Gasteiger partial charge on any atom is 0.193 e. The number of guanidine groups is 1. The number of aliphatic imine (C=N–C) groups is 1. The molecule has 2 unspecified atom stereocenters. The van der Waals surface area contributed by atoms with Gasteiger partial charge in [0.2, 0.25) is 0 Å². The highest BCUT2D eigenvalue weighted by atomic mass is 127. The Morgan fingerprint density at radius 3 is 2.81 bits per heavy atom. The summed E-state index contributed by atoms with van der Waals surface area (Å²) in [5, 5.41) is 3.45. The van der Waals surface area contributed by atoms with Crippen molar-refractivity contribution in [1.29, 1.82) is 0 Å². The van der Waals surface area contributed by atoms with Crippen molar-refractivity contribution in [1.82, 2.24) is 15.1 Å². The molecule has 2 saturated heterocycles. The lowest BCUT2D eigenvalue weighted by atomic mass is 10.1. The SMILES string of the molecule is CCNC(=NCC(c1ccco1)N1CCCCC1)N(C)CC1CCOC1.I. The maximum absolute atomic E-state index is 5.75. The van der Waals surface area contributed by atoms with Gasteiger partial charge in [0.15, 0.2) is 5.96 Å². The van der Waals surface area contributed by atoms with Gasteiger partial charge in [0.1, 0.15) is 5.76 Å². The Morgan fingerprint density at radius 2 is 2.19 bits per heavy atom. The number of furan rings is 1. The standard InChI is InChI=1S/C20H34N4O2.HI/c1-3-21-20(23(2)15-17-9-13-25-16-17)22-14-18(19-8-7-12-26-19)24-10-5-4-6-11-24;/h7-8,12,17-18H,3-6,9-11,13-16H2,1-2H3,(H,21,22);1H. The second kappa shape index (κ2) is 11.9. The van der Waals surface area contributed by atoms with Crippen LogP contribution in [0.3, 0.4) is 0 Å². The lowest BCUT2D eigenvalue weighted by Crippen LogP contribution is -2.42. The number of rotatable bonds is 7. The molecule has 27 heavy (non-hydrogen) atoms. The topological polar surface area (TPSA) is 53.2 Å². The largest absolute Gasteiger partial charge is 0.468 e. The quantitative estimate of drug-likeness (QED) is 0.361. The molecule has 0 saturated carbocycles. The molecule has 2 atom stereocenters. The summed E-state index contributed by atoms with van der Waals surface area (Å²) in [5.74, 6) is 2.61. The van der Waals surface area contributed by atoms with Crippen LogP contribution < -0.4 is 5.32 Å². The van der Waals surface area contributed by atoms with Crippen LogP contribution in [0.4, 0.5) is 0 Å². The number of piperidine rings is 1. The Bertz CT molecular complexity index is 540. The second-order valence-corrected chi connectivity index (χ2v) is 7.43. The molecule has 0 radical (unpaired) electrons. The third-order valence-electron chi connectivity index (χ3n) is 5.37. The first-order valence-electron chi connectivity index (χ1n) is 10.1. The number of ether oxygens (including phenoxy) is 1. The van der Waals surface area contributed by atoms with Crippen molar-refractivity contribution in [2.24, 2.45) is 10.9 Å². The minimum Gasteiger partial charge on any atom is -0.468 e. The summed E-state index contributed by atoms with van der Waals surface area (Å²) in [6, 6.07) is 4.29. The van der Waals surface area contributed by atoms with Crippen LogP contribution in [0.25, 0.3) is 0 Å². The van der Waals surface area contributed by atoms with Gasteiger partial charge in [-0.1, -0.05) is 6.42 Å². The van der Waals surface area contributed by atoms with E-state index < -0.39 is 0 Å². The first-order valence-corrected chi connectivity index (χ1v) is 10.1. The van der Waals surface area contributed by atoms with Crippen molar-refractivity contribution in [3.8, 4) is 0 Å². The lowest BCUT2D eigenvalue weighted by molar-refractivity contribution is 0.150. The zero-order valence-electron chi connectivity index (χ0n) is 16.7. The summed E-state index contributed by atoms with van der Waals surface area (Å²) in [4.78, 5) is 9.75. The molecule has 0 bridgehead atoms. The molecule has 0 spiro atoms. The molecule has 3 heterocycles. The Kier molecular flexibility index (Phi) is 9.92. The number of nitrogens with one attached hydrogen (secondary N) is 1. The van der Waals surface area contributed by atoms with E-state index in [1.165, 1.54) is 19.3 Å². The summed E-state index contributed by atoms with van der Waals surface area (Å²) in [5.41, 5.74) is 0. The smallest absolute Gasteiger partial charge is 0.193 e. The van der Waals surface area contributed by atoms with Gasteiger partial charge in [0.25, 0.3) is 0 Å². The number of hydrogen-bond acceptors (Lipinski definition) is 4. The van der Waals surface area contributed by atoms with Gasteiger partial charge in [-0.2, -0.15) is 0 Å². The van der Waals surface area contributed by atoms with Crippen molar-refractivity contribution < 1.29 is 9.15 Å². The molecule has 2 aliphatic heterocycles. The fourth-order valence-electron chi connectivity index (χ4n) is 3.94. The van der Waals surface area contributed by atoms with E-state index in [1.807, 2.05) is 6.07 Å². The molecule has 6 nitrogen and oxygen atoms in total. The lowest BCUT2D eigenvalue weighted by Gasteiger charge is -2.33. The Hall–Kier alpha value is -0.800. The number of nitrogens with zero attached hydrogens (tertiary/aromatic N) is 3. The van der Waals surface area contributed by atoms with E-state index in [2.05, 4.69) is 35.2 Å². The van der Waals surface area contributed by atoms with Crippen LogP contribution in [0.1, 0.15) is 44.4 Å². The summed E-state index contributed by atoms with van der Waals surface area (Å²) >= 11 is 0. The van der Waals surface area contributed by atoms with Crippen molar-refractivity contribution in [3.63, 3.8) is 0 Å². The number of hydrogen-bond donors (Lipinski definition) is 1. The molecule has 154 valence electrons. The Labute approximate surface area is 180 Å². The van der Waals surface area contributed by atoms with E-state index in [9.17, 15) is 0 Å². The summed E-state index contributed by atoms with van der Waals surface area (Å²) in [7, 11) is 2.13. The fourth-order valence-corrected chi connectivity index (χ4v) is 3.94. The fraction of sp³-hybridized carbons (Fsp3) is 0.750. The van der Waals surface area contributed by atoms with Crippen molar-refractivity contribution >= 4 is 29.9 Å². The molecule has 3 rings (SSSR count). The maximum atomic E-state index is 5.75. The van der Waals surface area contributed by atoms with Gasteiger partial charge in [-0.3, -0.25) is 9.89 Å². The predicted octanol–water partition coefficient (Wildman–Crippen LogP) is 3.36. The molecule has 0 amide bonds. The second-order valence-electron chi connectivity index (χ2n) is 7.43. The van der Waals surface area contributed by atoms with E-state index >= 15 is 0 Å². The molecule has 1 N–H and O–H groups in total. The minimum absolute atomic E-state index is 0. The van der Waals surface area contributed by atoms with Gasteiger partial charge < -0.3 is 19.4 Å². The van der Waals surface area contributed by atoms with Crippen LogP contribution in [0.5, 0.6) is 0 Å². The highest BCUT2D eigenvalue weighted by molar-refractivity contribution is 14.0. The van der Waals surface area contributed by atoms with Gasteiger partial charge in [-0.15, -0.1) is 24.0 Å². The highest BCUT2D eigenvalue weighted by Gasteiger charge is 2.25. The molecule has 1 aromatic heterocycles. The first-order chi connectivity index (χ1) is 12.8. The van der Waals surface area contributed by atoms with Crippen LogP contribution in [0, 0.1) is 5.92 Å². The van der Waals surface area contributed by atoms with Gasteiger partial charge in [-0.05, 0) is 51.4 Å². The van der Waals surface area contributed by atoms with Gasteiger partial charge in [-0.25, -0.2) is 0 Å². The summed E-state index contributed by atoms with van der Waals surface area (Å²) < 4.78 is 11.3. The molecular weight excluding hydrogens is 455 g/mol. The average Bonchev–Trinajstić information content (AvgIpc) is 3.36. The summed E-state index contributed by atoms with van der Waals surface area (Å²) in [6.07, 6.45) is 6.78. The van der Waals surface area contributed by atoms with Crippen molar-refractivity contribution in [2.45, 2.75) is 38.6 Å². The van der Waals surface area contributed by atoms with E-state index in [0.29, 0.717) is 5.92 Å². The summed E-state index contributed by atoms with van der Waals surface area (Å²) in [6.45, 7) is 8.73. The highest BCUT2D eigenvalue weighted by Crippen LogP contribution is 2.25. The van der Waals surface area contributed by atoms with E-state index in [0.717, 1.165) is 64.1 Å². The molecule has 1 aromatic rings. The Balaban J connectivity index is 0.00000261. The zero-order valence-corrected chi connectivity index (χ0v) is 19.1. The van der Waals surface area contributed by atoms with Crippen LogP contribution in [0.2, 0.25) is 0 Å². The number of halogens is 1. The third kappa shape index (κ3) is 6.64. The normalized spacial score (nSPS) is 22.3. The van der Waals surface area contributed by atoms with E-state index in [4.69, 9.17) is 14.1 Å². The molecule has 2 aliphatic rings. The molecular formula is C20H35IN4O2.